The monoisotopic (exact) mass is 308 g/mol. The molecule has 1 aromatic heterocycles. The summed E-state index contributed by atoms with van der Waals surface area (Å²) in [6.07, 6.45) is 0. The van der Waals surface area contributed by atoms with E-state index in [9.17, 15) is 4.79 Å². The molecule has 0 bridgehead atoms. The Morgan fingerprint density at radius 3 is 2.62 bits per heavy atom. The zero-order chi connectivity index (χ0) is 15.4. The van der Waals surface area contributed by atoms with Gasteiger partial charge in [-0.3, -0.25) is 4.79 Å². The quantitative estimate of drug-likeness (QED) is 0.891. The first-order chi connectivity index (χ1) is 10.0. The SMILES string of the molecule is CN(C)C(=O)c1ccc(Cl)cc1NCc1ccc(CO)o1. The standard InChI is InChI=1S/C15H17ClN2O3/c1-18(2)15(20)13-6-3-10(16)7-14(13)17-8-11-4-5-12(9-19)21-11/h3-7,17,19H,8-9H2,1-2H3. The second-order valence-electron chi connectivity index (χ2n) is 4.77. The van der Waals surface area contributed by atoms with E-state index in [0.29, 0.717) is 34.3 Å². The summed E-state index contributed by atoms with van der Waals surface area (Å²) in [7, 11) is 3.39. The van der Waals surface area contributed by atoms with E-state index in [1.54, 1.807) is 44.4 Å². The molecule has 0 aliphatic carbocycles. The Bertz CT molecular complexity index is 638. The molecule has 0 atom stereocenters. The van der Waals surface area contributed by atoms with Crippen molar-refractivity contribution in [3.63, 3.8) is 0 Å². The van der Waals surface area contributed by atoms with Gasteiger partial charge in [0.25, 0.3) is 5.91 Å². The van der Waals surface area contributed by atoms with Crippen molar-refractivity contribution in [3.8, 4) is 0 Å². The van der Waals surface area contributed by atoms with Gasteiger partial charge in [-0.2, -0.15) is 0 Å². The van der Waals surface area contributed by atoms with Crippen LogP contribution in [0.15, 0.2) is 34.7 Å². The molecule has 2 aromatic rings. The molecule has 21 heavy (non-hydrogen) atoms. The molecule has 0 spiro atoms. The van der Waals surface area contributed by atoms with Crippen LogP contribution in [-0.4, -0.2) is 30.0 Å². The van der Waals surface area contributed by atoms with E-state index in [4.69, 9.17) is 21.1 Å². The van der Waals surface area contributed by atoms with E-state index in [2.05, 4.69) is 5.32 Å². The molecular weight excluding hydrogens is 292 g/mol. The van der Waals surface area contributed by atoms with Crippen LogP contribution in [0.5, 0.6) is 0 Å². The molecule has 6 heteroatoms. The summed E-state index contributed by atoms with van der Waals surface area (Å²) < 4.78 is 5.39. The summed E-state index contributed by atoms with van der Waals surface area (Å²) >= 11 is 5.99. The van der Waals surface area contributed by atoms with Crippen molar-refractivity contribution < 1.29 is 14.3 Å². The lowest BCUT2D eigenvalue weighted by atomic mass is 10.1. The van der Waals surface area contributed by atoms with Gasteiger partial charge in [0.2, 0.25) is 0 Å². The average Bonchev–Trinajstić information content (AvgIpc) is 2.92. The van der Waals surface area contributed by atoms with Gasteiger partial charge in [0.1, 0.15) is 18.1 Å². The molecular formula is C15H17ClN2O3. The highest BCUT2D eigenvalue weighted by atomic mass is 35.5. The van der Waals surface area contributed by atoms with Crippen LogP contribution in [0.3, 0.4) is 0 Å². The first-order valence-corrected chi connectivity index (χ1v) is 6.82. The number of rotatable bonds is 5. The summed E-state index contributed by atoms with van der Waals surface area (Å²) in [5.74, 6) is 1.06. The molecule has 0 saturated heterocycles. The minimum Gasteiger partial charge on any atom is -0.462 e. The summed E-state index contributed by atoms with van der Waals surface area (Å²) in [5, 5.41) is 12.6. The van der Waals surface area contributed by atoms with Gasteiger partial charge in [-0.25, -0.2) is 0 Å². The van der Waals surface area contributed by atoms with Crippen LogP contribution in [0.4, 0.5) is 5.69 Å². The molecule has 1 heterocycles. The Morgan fingerprint density at radius 1 is 1.29 bits per heavy atom. The smallest absolute Gasteiger partial charge is 0.255 e. The van der Waals surface area contributed by atoms with Crippen LogP contribution in [0, 0.1) is 0 Å². The number of anilines is 1. The van der Waals surface area contributed by atoms with Gasteiger partial charge in [-0.05, 0) is 30.3 Å². The van der Waals surface area contributed by atoms with Crippen LogP contribution in [0.2, 0.25) is 5.02 Å². The molecule has 2 N–H and O–H groups in total. The van der Waals surface area contributed by atoms with Gasteiger partial charge < -0.3 is 19.7 Å². The summed E-state index contributed by atoms with van der Waals surface area (Å²) in [6.45, 7) is 0.260. The fraction of sp³-hybridized carbons (Fsp3) is 0.267. The molecule has 0 saturated carbocycles. The van der Waals surface area contributed by atoms with Crippen LogP contribution in [0.25, 0.3) is 0 Å². The van der Waals surface area contributed by atoms with Crippen LogP contribution < -0.4 is 5.32 Å². The molecule has 5 nitrogen and oxygen atoms in total. The van der Waals surface area contributed by atoms with E-state index < -0.39 is 0 Å². The second kappa shape index (κ2) is 6.65. The maximum atomic E-state index is 12.1. The van der Waals surface area contributed by atoms with E-state index in [-0.39, 0.29) is 12.5 Å². The summed E-state index contributed by atoms with van der Waals surface area (Å²) in [5.41, 5.74) is 1.18. The highest BCUT2D eigenvalue weighted by Gasteiger charge is 2.14. The number of hydrogen-bond donors (Lipinski definition) is 2. The maximum absolute atomic E-state index is 12.1. The lowest BCUT2D eigenvalue weighted by Gasteiger charge is -2.15. The number of halogens is 1. The topological polar surface area (TPSA) is 65.7 Å². The highest BCUT2D eigenvalue weighted by molar-refractivity contribution is 6.31. The van der Waals surface area contributed by atoms with Crippen molar-refractivity contribution in [2.24, 2.45) is 0 Å². The van der Waals surface area contributed by atoms with Crippen LogP contribution in [0.1, 0.15) is 21.9 Å². The first-order valence-electron chi connectivity index (χ1n) is 6.44. The summed E-state index contributed by atoms with van der Waals surface area (Å²) in [6, 6.07) is 8.56. The largest absolute Gasteiger partial charge is 0.462 e. The van der Waals surface area contributed by atoms with Crippen LogP contribution >= 0.6 is 11.6 Å². The number of nitrogens with one attached hydrogen (secondary N) is 1. The molecule has 2 rings (SSSR count). The Labute approximate surface area is 128 Å². The Hall–Kier alpha value is -1.98. The zero-order valence-corrected chi connectivity index (χ0v) is 12.6. The number of amides is 1. The first kappa shape index (κ1) is 15.4. The molecule has 0 aliphatic heterocycles. The van der Waals surface area contributed by atoms with E-state index in [1.807, 2.05) is 0 Å². The predicted molar refractivity (Wildman–Crippen MR) is 81.4 cm³/mol. The van der Waals surface area contributed by atoms with Gasteiger partial charge in [-0.1, -0.05) is 11.6 Å². The number of carbonyl (C=O) groups excluding carboxylic acids is 1. The number of carbonyl (C=O) groups is 1. The number of aliphatic hydroxyl groups excluding tert-OH is 1. The third kappa shape index (κ3) is 3.77. The molecule has 0 aliphatic rings. The van der Waals surface area contributed by atoms with Crippen molar-refractivity contribution >= 4 is 23.2 Å². The number of benzene rings is 1. The lowest BCUT2D eigenvalue weighted by molar-refractivity contribution is 0.0828. The fourth-order valence-corrected chi connectivity index (χ4v) is 2.05. The van der Waals surface area contributed by atoms with E-state index in [0.717, 1.165) is 0 Å². The zero-order valence-electron chi connectivity index (χ0n) is 11.9. The third-order valence-electron chi connectivity index (χ3n) is 2.94. The molecule has 0 fully saturated rings. The van der Waals surface area contributed by atoms with E-state index >= 15 is 0 Å². The van der Waals surface area contributed by atoms with Crippen molar-refractivity contribution in [1.29, 1.82) is 0 Å². The van der Waals surface area contributed by atoms with Gasteiger partial charge in [0.15, 0.2) is 0 Å². The average molecular weight is 309 g/mol. The number of hydrogen-bond acceptors (Lipinski definition) is 4. The minimum atomic E-state index is -0.137. The minimum absolute atomic E-state index is 0.107. The highest BCUT2D eigenvalue weighted by Crippen LogP contribution is 2.23. The molecule has 112 valence electrons. The number of aliphatic hydroxyl groups is 1. The third-order valence-corrected chi connectivity index (χ3v) is 3.18. The molecule has 0 radical (unpaired) electrons. The Morgan fingerprint density at radius 2 is 2.00 bits per heavy atom. The number of nitrogens with zero attached hydrogens (tertiary/aromatic N) is 1. The molecule has 0 unspecified atom stereocenters. The van der Waals surface area contributed by atoms with Gasteiger partial charge in [0, 0.05) is 24.8 Å². The number of furan rings is 1. The molecule has 1 amide bonds. The van der Waals surface area contributed by atoms with Crippen molar-refractivity contribution in [2.45, 2.75) is 13.2 Å². The van der Waals surface area contributed by atoms with Crippen molar-refractivity contribution in [1.82, 2.24) is 4.90 Å². The van der Waals surface area contributed by atoms with Crippen molar-refractivity contribution in [3.05, 3.63) is 52.4 Å². The lowest BCUT2D eigenvalue weighted by Crippen LogP contribution is -2.22. The van der Waals surface area contributed by atoms with Gasteiger partial charge in [0.05, 0.1) is 12.1 Å². The van der Waals surface area contributed by atoms with Gasteiger partial charge >= 0.3 is 0 Å². The second-order valence-corrected chi connectivity index (χ2v) is 5.21. The van der Waals surface area contributed by atoms with Crippen molar-refractivity contribution in [2.75, 3.05) is 19.4 Å². The molecule has 1 aromatic carbocycles. The Kier molecular flexibility index (Phi) is 4.88. The fourth-order valence-electron chi connectivity index (χ4n) is 1.87. The maximum Gasteiger partial charge on any atom is 0.255 e. The van der Waals surface area contributed by atoms with E-state index in [1.165, 1.54) is 4.90 Å². The normalized spacial score (nSPS) is 10.5. The Balaban J connectivity index is 2.18. The van der Waals surface area contributed by atoms with Crippen LogP contribution in [-0.2, 0) is 13.2 Å². The van der Waals surface area contributed by atoms with Gasteiger partial charge in [-0.15, -0.1) is 0 Å². The predicted octanol–water partition coefficient (Wildman–Crippen LogP) is 2.74. The summed E-state index contributed by atoms with van der Waals surface area (Å²) in [4.78, 5) is 13.6.